The largest absolute Gasteiger partial charge is 0.274 e. The first-order chi connectivity index (χ1) is 12.3. The number of carbonyl (C=O) groups excluding carboxylic acids is 1. The topological polar surface area (TPSA) is 32.3 Å². The molecule has 0 aromatic heterocycles. The van der Waals surface area contributed by atoms with Crippen LogP contribution in [-0.4, -0.2) is 10.9 Å². The quantitative estimate of drug-likeness (QED) is 0.808. The summed E-state index contributed by atoms with van der Waals surface area (Å²) in [5.74, 6) is -1.16. The Morgan fingerprint density at radius 1 is 1.23 bits per heavy atom. The number of nitrogens with one attached hydrogen (secondary N) is 1. The third-order valence-electron chi connectivity index (χ3n) is 5.26. The number of hydrazine groups is 1. The summed E-state index contributed by atoms with van der Waals surface area (Å²) in [6.07, 6.45) is 2.74. The van der Waals surface area contributed by atoms with Crippen LogP contribution >= 0.6 is 0 Å². The van der Waals surface area contributed by atoms with E-state index in [1.807, 2.05) is 25.1 Å². The van der Waals surface area contributed by atoms with Crippen LogP contribution in [0.1, 0.15) is 56.3 Å². The Kier molecular flexibility index (Phi) is 5.10. The van der Waals surface area contributed by atoms with E-state index < -0.39 is 23.2 Å². The van der Waals surface area contributed by atoms with Crippen LogP contribution in [0.2, 0.25) is 0 Å². The van der Waals surface area contributed by atoms with Gasteiger partial charge in [0, 0.05) is 12.5 Å². The van der Waals surface area contributed by atoms with Gasteiger partial charge in [-0.2, -0.15) is 0 Å². The van der Waals surface area contributed by atoms with Gasteiger partial charge in [0.05, 0.1) is 11.6 Å². The van der Waals surface area contributed by atoms with Crippen LogP contribution in [0.5, 0.6) is 0 Å². The summed E-state index contributed by atoms with van der Waals surface area (Å²) in [4.78, 5) is 12.5. The third-order valence-corrected chi connectivity index (χ3v) is 5.26. The van der Waals surface area contributed by atoms with Crippen LogP contribution in [0.3, 0.4) is 0 Å². The highest BCUT2D eigenvalue weighted by Gasteiger charge is 2.40. The smallest absolute Gasteiger partial charge is 0.234 e. The highest BCUT2D eigenvalue weighted by Crippen LogP contribution is 2.39. The molecule has 1 aliphatic rings. The number of carbonyl (C=O) groups is 1. The number of hydrogen-bond donors (Lipinski definition) is 1. The van der Waals surface area contributed by atoms with E-state index in [1.165, 1.54) is 18.6 Å². The molecular formula is C21H24F2N2O. The maximum atomic E-state index is 14.1. The molecule has 0 saturated carbocycles. The molecule has 0 heterocycles. The van der Waals surface area contributed by atoms with E-state index >= 15 is 0 Å². The Morgan fingerprint density at radius 3 is 2.69 bits per heavy atom. The molecule has 5 heteroatoms. The number of nitrogens with zero attached hydrogens (tertiary/aromatic N) is 1. The van der Waals surface area contributed by atoms with Crippen LogP contribution in [0.25, 0.3) is 0 Å². The van der Waals surface area contributed by atoms with Gasteiger partial charge in [0.2, 0.25) is 5.91 Å². The zero-order valence-corrected chi connectivity index (χ0v) is 15.4. The van der Waals surface area contributed by atoms with Crippen molar-refractivity contribution in [3.05, 3.63) is 70.8 Å². The van der Waals surface area contributed by atoms with Crippen molar-refractivity contribution in [1.82, 2.24) is 10.4 Å². The van der Waals surface area contributed by atoms with Crippen LogP contribution in [-0.2, 0) is 16.8 Å². The van der Waals surface area contributed by atoms with Gasteiger partial charge in [0.1, 0.15) is 11.6 Å². The van der Waals surface area contributed by atoms with Crippen molar-refractivity contribution in [2.24, 2.45) is 0 Å². The Balaban J connectivity index is 1.96. The fourth-order valence-corrected chi connectivity index (χ4v) is 3.94. The standard InChI is InChI=1S/C21H24F2N2O/c1-14(18-13-17(22)10-11-20(18)23)24-25(15(2)26)21(3)12-6-8-16-7-4-5-9-19(16)21/h4-5,7,9-11,13-14,24H,6,8,12H2,1-3H3. The molecule has 2 aromatic rings. The molecule has 0 fully saturated rings. The molecule has 0 aliphatic heterocycles. The lowest BCUT2D eigenvalue weighted by atomic mass is 9.77. The average Bonchev–Trinajstić information content (AvgIpc) is 2.61. The molecule has 138 valence electrons. The minimum absolute atomic E-state index is 0.159. The van der Waals surface area contributed by atoms with Crippen molar-refractivity contribution in [3.63, 3.8) is 0 Å². The van der Waals surface area contributed by atoms with Crippen molar-refractivity contribution in [3.8, 4) is 0 Å². The molecule has 2 unspecified atom stereocenters. The summed E-state index contributed by atoms with van der Waals surface area (Å²) in [5.41, 5.74) is 5.10. The maximum absolute atomic E-state index is 14.1. The van der Waals surface area contributed by atoms with E-state index in [-0.39, 0.29) is 11.5 Å². The first kappa shape index (κ1) is 18.5. The molecular weight excluding hydrogens is 334 g/mol. The van der Waals surface area contributed by atoms with Crippen molar-refractivity contribution in [2.75, 3.05) is 0 Å². The first-order valence-corrected chi connectivity index (χ1v) is 8.93. The minimum Gasteiger partial charge on any atom is -0.274 e. The second-order valence-corrected chi connectivity index (χ2v) is 7.16. The van der Waals surface area contributed by atoms with E-state index in [9.17, 15) is 13.6 Å². The van der Waals surface area contributed by atoms with Crippen LogP contribution in [0.4, 0.5) is 8.78 Å². The van der Waals surface area contributed by atoms with Crippen LogP contribution < -0.4 is 5.43 Å². The Hall–Kier alpha value is -2.27. The molecule has 3 rings (SSSR count). The van der Waals surface area contributed by atoms with Crippen LogP contribution in [0, 0.1) is 11.6 Å². The highest BCUT2D eigenvalue weighted by atomic mass is 19.1. The summed E-state index contributed by atoms with van der Waals surface area (Å²) in [7, 11) is 0. The lowest BCUT2D eigenvalue weighted by Crippen LogP contribution is -2.56. The van der Waals surface area contributed by atoms with E-state index in [0.717, 1.165) is 37.0 Å². The Morgan fingerprint density at radius 2 is 1.96 bits per heavy atom. The molecule has 0 saturated heterocycles. The highest BCUT2D eigenvalue weighted by molar-refractivity contribution is 5.74. The van der Waals surface area contributed by atoms with Crippen molar-refractivity contribution >= 4 is 5.91 Å². The summed E-state index contributed by atoms with van der Waals surface area (Å²) >= 11 is 0. The Labute approximate surface area is 153 Å². The van der Waals surface area contributed by atoms with Gasteiger partial charge >= 0.3 is 0 Å². The predicted octanol–water partition coefficient (Wildman–Crippen LogP) is 4.63. The van der Waals surface area contributed by atoms with Crippen molar-refractivity contribution in [1.29, 1.82) is 0 Å². The number of halogens is 2. The summed E-state index contributed by atoms with van der Waals surface area (Å²) < 4.78 is 27.7. The molecule has 0 spiro atoms. The van der Waals surface area contributed by atoms with Gasteiger partial charge in [0.25, 0.3) is 0 Å². The van der Waals surface area contributed by atoms with Gasteiger partial charge in [-0.3, -0.25) is 9.80 Å². The van der Waals surface area contributed by atoms with Gasteiger partial charge in [-0.15, -0.1) is 0 Å². The molecule has 1 aliphatic carbocycles. The second kappa shape index (κ2) is 7.16. The number of rotatable bonds is 4. The lowest BCUT2D eigenvalue weighted by molar-refractivity contribution is -0.142. The summed E-state index contributed by atoms with van der Waals surface area (Å²) in [6, 6.07) is 10.9. The zero-order chi connectivity index (χ0) is 18.9. The van der Waals surface area contributed by atoms with Crippen LogP contribution in [0.15, 0.2) is 42.5 Å². The zero-order valence-electron chi connectivity index (χ0n) is 15.4. The van der Waals surface area contributed by atoms with Crippen molar-refractivity contribution in [2.45, 2.75) is 51.6 Å². The molecule has 2 atom stereocenters. The molecule has 3 nitrogen and oxygen atoms in total. The monoisotopic (exact) mass is 358 g/mol. The maximum Gasteiger partial charge on any atom is 0.234 e. The summed E-state index contributed by atoms with van der Waals surface area (Å²) in [6.45, 7) is 5.24. The fraction of sp³-hybridized carbons (Fsp3) is 0.381. The Bertz CT molecular complexity index is 823. The van der Waals surface area contributed by atoms with Gasteiger partial charge in [-0.1, -0.05) is 24.3 Å². The van der Waals surface area contributed by atoms with E-state index in [0.29, 0.717) is 0 Å². The van der Waals surface area contributed by atoms with E-state index in [2.05, 4.69) is 11.5 Å². The lowest BCUT2D eigenvalue weighted by Gasteiger charge is -2.46. The fourth-order valence-electron chi connectivity index (χ4n) is 3.94. The van der Waals surface area contributed by atoms with Gasteiger partial charge in [0.15, 0.2) is 0 Å². The molecule has 26 heavy (non-hydrogen) atoms. The van der Waals surface area contributed by atoms with Gasteiger partial charge in [-0.05, 0) is 62.4 Å². The molecule has 0 bridgehead atoms. The molecule has 0 radical (unpaired) electrons. The number of aryl methyl sites for hydroxylation is 1. The molecule has 1 amide bonds. The number of hydrogen-bond acceptors (Lipinski definition) is 2. The van der Waals surface area contributed by atoms with Gasteiger partial charge < -0.3 is 0 Å². The third kappa shape index (κ3) is 3.36. The minimum atomic E-state index is -0.555. The summed E-state index contributed by atoms with van der Waals surface area (Å²) in [5, 5.41) is 1.58. The molecule has 1 N–H and O–H groups in total. The first-order valence-electron chi connectivity index (χ1n) is 8.93. The van der Waals surface area contributed by atoms with E-state index in [1.54, 1.807) is 11.9 Å². The van der Waals surface area contributed by atoms with Gasteiger partial charge in [-0.25, -0.2) is 14.2 Å². The number of amides is 1. The normalized spacial score (nSPS) is 20.3. The average molecular weight is 358 g/mol. The number of benzene rings is 2. The second-order valence-electron chi connectivity index (χ2n) is 7.16. The molecule has 2 aromatic carbocycles. The predicted molar refractivity (Wildman–Crippen MR) is 97.2 cm³/mol. The van der Waals surface area contributed by atoms with E-state index in [4.69, 9.17) is 0 Å². The number of fused-ring (bicyclic) bond motifs is 1. The SMILES string of the molecule is CC(=O)N(NC(C)c1cc(F)ccc1F)C1(C)CCCc2ccccc21. The van der Waals surface area contributed by atoms with Crippen molar-refractivity contribution < 1.29 is 13.6 Å².